The standard InChI is InChI=1S/C27H39N3O4S/c1-6-8-18-28-27(32)25(7-2)29(19-22-12-10-9-11-13-22)26(31)20-30(35(5,33)34)24-16-14-23(15-17-24)21(3)4/h9-17,21,25H,6-8,18-20H2,1-5H3,(H,28,32)/t25-/m0/s1. The molecule has 0 aliphatic carbocycles. The van der Waals surface area contributed by atoms with Crippen LogP contribution in [0.2, 0.25) is 0 Å². The van der Waals surface area contributed by atoms with Crippen LogP contribution < -0.4 is 9.62 Å². The molecule has 0 saturated heterocycles. The number of amides is 2. The highest BCUT2D eigenvalue weighted by Gasteiger charge is 2.31. The van der Waals surface area contributed by atoms with Crippen molar-refractivity contribution < 1.29 is 18.0 Å². The molecule has 2 aromatic carbocycles. The topological polar surface area (TPSA) is 86.8 Å². The number of carbonyl (C=O) groups is 2. The van der Waals surface area contributed by atoms with E-state index in [1.807, 2.05) is 56.3 Å². The summed E-state index contributed by atoms with van der Waals surface area (Å²) in [5.41, 5.74) is 2.37. The molecule has 2 aromatic rings. The number of hydrogen-bond acceptors (Lipinski definition) is 4. The number of carbonyl (C=O) groups excluding carboxylic acids is 2. The minimum absolute atomic E-state index is 0.212. The van der Waals surface area contributed by atoms with Crippen LogP contribution in [-0.2, 0) is 26.2 Å². The maximum absolute atomic E-state index is 13.6. The fourth-order valence-corrected chi connectivity index (χ4v) is 4.69. The molecule has 0 fully saturated rings. The normalized spacial score (nSPS) is 12.3. The summed E-state index contributed by atoms with van der Waals surface area (Å²) >= 11 is 0. The van der Waals surface area contributed by atoms with Crippen molar-refractivity contribution in [1.82, 2.24) is 10.2 Å². The number of nitrogens with zero attached hydrogens (tertiary/aromatic N) is 2. The fourth-order valence-electron chi connectivity index (χ4n) is 3.84. The summed E-state index contributed by atoms with van der Waals surface area (Å²) < 4.78 is 26.5. The quantitative estimate of drug-likeness (QED) is 0.415. The lowest BCUT2D eigenvalue weighted by molar-refractivity contribution is -0.140. The number of unbranched alkanes of at least 4 members (excludes halogenated alkanes) is 1. The van der Waals surface area contributed by atoms with Crippen LogP contribution >= 0.6 is 0 Å². The van der Waals surface area contributed by atoms with E-state index in [0.717, 1.165) is 34.5 Å². The first-order chi connectivity index (χ1) is 16.6. The Morgan fingerprint density at radius 3 is 2.11 bits per heavy atom. The van der Waals surface area contributed by atoms with E-state index in [2.05, 4.69) is 19.2 Å². The predicted molar refractivity (Wildman–Crippen MR) is 142 cm³/mol. The smallest absolute Gasteiger partial charge is 0.244 e. The lowest BCUT2D eigenvalue weighted by Gasteiger charge is -2.33. The van der Waals surface area contributed by atoms with Gasteiger partial charge in [0.15, 0.2) is 0 Å². The minimum Gasteiger partial charge on any atom is -0.354 e. The van der Waals surface area contributed by atoms with E-state index in [9.17, 15) is 18.0 Å². The Morgan fingerprint density at radius 1 is 0.971 bits per heavy atom. The number of sulfonamides is 1. The summed E-state index contributed by atoms with van der Waals surface area (Å²) in [5, 5.41) is 2.92. The van der Waals surface area contributed by atoms with Crippen LogP contribution in [0, 0.1) is 0 Å². The predicted octanol–water partition coefficient (Wildman–Crippen LogP) is 4.30. The molecule has 8 heteroatoms. The molecule has 1 atom stereocenters. The van der Waals surface area contributed by atoms with Gasteiger partial charge < -0.3 is 10.2 Å². The second kappa shape index (κ2) is 13.3. The maximum atomic E-state index is 13.6. The molecule has 2 amide bonds. The number of rotatable bonds is 13. The summed E-state index contributed by atoms with van der Waals surface area (Å²) in [6, 6.07) is 15.9. The van der Waals surface area contributed by atoms with Crippen molar-refractivity contribution in [3.05, 3.63) is 65.7 Å². The third-order valence-electron chi connectivity index (χ3n) is 5.94. The Hall–Kier alpha value is -2.87. The van der Waals surface area contributed by atoms with Gasteiger partial charge in [0.05, 0.1) is 11.9 Å². The van der Waals surface area contributed by atoms with E-state index < -0.39 is 22.0 Å². The Morgan fingerprint density at radius 2 is 1.60 bits per heavy atom. The molecule has 0 heterocycles. The number of nitrogens with one attached hydrogen (secondary N) is 1. The summed E-state index contributed by atoms with van der Waals surface area (Å²) in [5.74, 6) is -0.350. The average Bonchev–Trinajstić information content (AvgIpc) is 2.82. The maximum Gasteiger partial charge on any atom is 0.244 e. The lowest BCUT2D eigenvalue weighted by atomic mass is 10.0. The molecule has 192 valence electrons. The molecule has 1 N–H and O–H groups in total. The van der Waals surface area contributed by atoms with Crippen LogP contribution in [0.3, 0.4) is 0 Å². The van der Waals surface area contributed by atoms with Gasteiger partial charge in [-0.25, -0.2) is 8.42 Å². The van der Waals surface area contributed by atoms with Gasteiger partial charge in [-0.05, 0) is 42.0 Å². The number of anilines is 1. The van der Waals surface area contributed by atoms with Gasteiger partial charge in [0, 0.05) is 13.1 Å². The van der Waals surface area contributed by atoms with Gasteiger partial charge in [-0.1, -0.05) is 76.6 Å². The van der Waals surface area contributed by atoms with Crippen molar-refractivity contribution in [3.63, 3.8) is 0 Å². The van der Waals surface area contributed by atoms with Crippen molar-refractivity contribution in [3.8, 4) is 0 Å². The first-order valence-electron chi connectivity index (χ1n) is 12.3. The highest BCUT2D eigenvalue weighted by atomic mass is 32.2. The SMILES string of the molecule is CCCCNC(=O)[C@H](CC)N(Cc1ccccc1)C(=O)CN(c1ccc(C(C)C)cc1)S(C)(=O)=O. The molecule has 0 spiro atoms. The van der Waals surface area contributed by atoms with Crippen LogP contribution in [-0.4, -0.2) is 50.5 Å². The van der Waals surface area contributed by atoms with Gasteiger partial charge in [-0.15, -0.1) is 0 Å². The first kappa shape index (κ1) is 28.4. The molecule has 0 saturated carbocycles. The molecule has 0 radical (unpaired) electrons. The van der Waals surface area contributed by atoms with Gasteiger partial charge in [0.2, 0.25) is 21.8 Å². The molecule has 0 aliphatic rings. The molecule has 2 rings (SSSR count). The van der Waals surface area contributed by atoms with E-state index >= 15 is 0 Å². The first-order valence-corrected chi connectivity index (χ1v) is 14.1. The van der Waals surface area contributed by atoms with Crippen molar-refractivity contribution >= 4 is 27.5 Å². The molecular weight excluding hydrogens is 462 g/mol. The van der Waals surface area contributed by atoms with Gasteiger partial charge >= 0.3 is 0 Å². The Balaban J connectivity index is 2.37. The third kappa shape index (κ3) is 8.38. The molecule has 0 unspecified atom stereocenters. The number of hydrogen-bond donors (Lipinski definition) is 1. The minimum atomic E-state index is -3.74. The van der Waals surface area contributed by atoms with E-state index in [4.69, 9.17) is 0 Å². The second-order valence-corrected chi connectivity index (χ2v) is 11.0. The van der Waals surface area contributed by atoms with Crippen LogP contribution in [0.1, 0.15) is 64.0 Å². The van der Waals surface area contributed by atoms with E-state index in [0.29, 0.717) is 24.6 Å². The highest BCUT2D eigenvalue weighted by molar-refractivity contribution is 7.92. The molecule has 7 nitrogen and oxygen atoms in total. The van der Waals surface area contributed by atoms with Crippen molar-refractivity contribution in [2.75, 3.05) is 23.7 Å². The summed E-state index contributed by atoms with van der Waals surface area (Å²) in [6.45, 7) is 8.39. The van der Waals surface area contributed by atoms with Gasteiger partial charge in [0.25, 0.3) is 0 Å². The molecular formula is C27H39N3O4S. The van der Waals surface area contributed by atoms with E-state index in [1.54, 1.807) is 12.1 Å². The zero-order valence-corrected chi connectivity index (χ0v) is 22.3. The molecule has 35 heavy (non-hydrogen) atoms. The largest absolute Gasteiger partial charge is 0.354 e. The molecule has 0 aliphatic heterocycles. The van der Waals surface area contributed by atoms with Gasteiger partial charge in [-0.2, -0.15) is 0 Å². The highest BCUT2D eigenvalue weighted by Crippen LogP contribution is 2.23. The Bertz CT molecular complexity index is 1050. The molecule has 0 bridgehead atoms. The van der Waals surface area contributed by atoms with Gasteiger partial charge in [0.1, 0.15) is 12.6 Å². The Labute approximate surface area is 210 Å². The van der Waals surface area contributed by atoms with Crippen LogP contribution in [0.25, 0.3) is 0 Å². The van der Waals surface area contributed by atoms with Crippen LogP contribution in [0.5, 0.6) is 0 Å². The van der Waals surface area contributed by atoms with E-state index in [-0.39, 0.29) is 19.0 Å². The monoisotopic (exact) mass is 501 g/mol. The van der Waals surface area contributed by atoms with Gasteiger partial charge in [-0.3, -0.25) is 13.9 Å². The van der Waals surface area contributed by atoms with Crippen molar-refractivity contribution in [2.45, 2.75) is 65.5 Å². The Kier molecular flexibility index (Phi) is 10.8. The third-order valence-corrected chi connectivity index (χ3v) is 7.08. The van der Waals surface area contributed by atoms with E-state index in [1.165, 1.54) is 4.90 Å². The average molecular weight is 502 g/mol. The van der Waals surface area contributed by atoms with Crippen LogP contribution in [0.4, 0.5) is 5.69 Å². The summed E-state index contributed by atoms with van der Waals surface area (Å²) in [7, 11) is -3.74. The zero-order chi connectivity index (χ0) is 26.0. The van der Waals surface area contributed by atoms with Crippen molar-refractivity contribution in [1.29, 1.82) is 0 Å². The fraction of sp³-hybridized carbons (Fsp3) is 0.481. The number of benzene rings is 2. The second-order valence-electron chi connectivity index (χ2n) is 9.09. The zero-order valence-electron chi connectivity index (χ0n) is 21.5. The summed E-state index contributed by atoms with van der Waals surface area (Å²) in [6.07, 6.45) is 3.30. The van der Waals surface area contributed by atoms with Crippen molar-refractivity contribution in [2.24, 2.45) is 0 Å². The molecule has 0 aromatic heterocycles. The lowest BCUT2D eigenvalue weighted by Crippen LogP contribution is -2.52. The summed E-state index contributed by atoms with van der Waals surface area (Å²) in [4.78, 5) is 28.1. The van der Waals surface area contributed by atoms with Crippen LogP contribution in [0.15, 0.2) is 54.6 Å².